The smallest absolute Gasteiger partial charge is 0.0437 e. The molecule has 0 aliphatic rings. The fourth-order valence-electron chi connectivity index (χ4n) is 5.78. The van der Waals surface area contributed by atoms with Crippen LogP contribution in [-0.4, -0.2) is 32.6 Å². The molecular formula is C59H82N2. The molecule has 328 valence electrons. The highest BCUT2D eigenvalue weighted by molar-refractivity contribution is 5.73. The average molecular weight is 819 g/mol. The first-order chi connectivity index (χ1) is 29.6. The Labute approximate surface area is 375 Å². The second-order valence-corrected chi connectivity index (χ2v) is 14.3. The van der Waals surface area contributed by atoms with E-state index in [1.807, 2.05) is 71.9 Å². The maximum atomic E-state index is 4.08. The molecule has 2 heteroatoms. The molecule has 0 atom stereocenters. The molecule has 0 amide bonds. The number of anilines is 2. The zero-order valence-electron chi connectivity index (χ0n) is 40.8. The fraction of sp³-hybridized carbons (Fsp3) is 0.322. The van der Waals surface area contributed by atoms with Crippen LogP contribution in [0.1, 0.15) is 115 Å². The number of hydrogen-bond donors (Lipinski definition) is 0. The van der Waals surface area contributed by atoms with Gasteiger partial charge in [-0.2, -0.15) is 0 Å². The molecule has 0 aliphatic heterocycles. The molecule has 0 saturated carbocycles. The lowest BCUT2D eigenvalue weighted by atomic mass is 9.98. The zero-order chi connectivity index (χ0) is 45.8. The van der Waals surface area contributed by atoms with Gasteiger partial charge < -0.3 is 9.80 Å². The zero-order valence-corrected chi connectivity index (χ0v) is 40.8. The summed E-state index contributed by atoms with van der Waals surface area (Å²) < 4.78 is 0. The van der Waals surface area contributed by atoms with Gasteiger partial charge in [0, 0.05) is 25.0 Å². The summed E-state index contributed by atoms with van der Waals surface area (Å²) in [6, 6.07) is 46.6. The van der Waals surface area contributed by atoms with Crippen molar-refractivity contribution in [1.29, 1.82) is 0 Å². The molecule has 0 spiro atoms. The van der Waals surface area contributed by atoms with Crippen LogP contribution >= 0.6 is 0 Å². The Morgan fingerprint density at radius 1 is 0.639 bits per heavy atom. The van der Waals surface area contributed by atoms with Gasteiger partial charge in [-0.05, 0) is 110 Å². The Morgan fingerprint density at radius 3 is 1.70 bits per heavy atom. The number of likely N-dealkylation sites (N-methyl/N-ethyl adjacent to an activating group) is 1. The minimum Gasteiger partial charge on any atom is -0.344 e. The van der Waals surface area contributed by atoms with Crippen LogP contribution in [0.15, 0.2) is 176 Å². The molecule has 0 N–H and O–H groups in total. The Kier molecular flexibility index (Phi) is 32.2. The van der Waals surface area contributed by atoms with Gasteiger partial charge in [0.15, 0.2) is 0 Å². The lowest BCUT2D eigenvalue weighted by Gasteiger charge is -2.22. The summed E-state index contributed by atoms with van der Waals surface area (Å²) in [5.41, 5.74) is 13.9. The van der Waals surface area contributed by atoms with Gasteiger partial charge in [0.1, 0.15) is 0 Å². The van der Waals surface area contributed by atoms with Crippen molar-refractivity contribution in [3.05, 3.63) is 209 Å². The Bertz CT molecular complexity index is 1960. The number of benzene rings is 5. The van der Waals surface area contributed by atoms with Crippen LogP contribution in [0.5, 0.6) is 0 Å². The molecule has 0 aromatic heterocycles. The number of nitrogens with zero attached hydrogens (tertiary/aromatic N) is 2. The Hall–Kier alpha value is -5.44. The summed E-state index contributed by atoms with van der Waals surface area (Å²) in [7, 11) is 6.32. The summed E-state index contributed by atoms with van der Waals surface area (Å²) >= 11 is 0. The summed E-state index contributed by atoms with van der Waals surface area (Å²) in [4.78, 5) is 4.43. The molecule has 5 aromatic carbocycles. The normalized spacial score (nSPS) is 10.7. The van der Waals surface area contributed by atoms with Crippen LogP contribution in [0.3, 0.4) is 0 Å². The molecule has 0 heterocycles. The topological polar surface area (TPSA) is 6.48 Å². The molecule has 0 aliphatic carbocycles. The lowest BCUT2D eigenvalue weighted by Crippen LogP contribution is -2.10. The fourth-order valence-corrected chi connectivity index (χ4v) is 5.78. The van der Waals surface area contributed by atoms with E-state index in [2.05, 4.69) is 212 Å². The van der Waals surface area contributed by atoms with Crippen molar-refractivity contribution in [2.45, 2.75) is 102 Å². The van der Waals surface area contributed by atoms with Gasteiger partial charge in [0.25, 0.3) is 0 Å². The van der Waals surface area contributed by atoms with E-state index in [0.29, 0.717) is 0 Å². The second kappa shape index (κ2) is 35.3. The van der Waals surface area contributed by atoms with Crippen molar-refractivity contribution < 1.29 is 0 Å². The SMILES string of the molecule is C/C(=C\Cc1ccc(N(C)c2ccccc2)c(C)c1)Cc1ccccc1/C=C\CN(C)C.C=C(/C=C\C=C(/C)c1ccccc1)c1ccccc1.CC.CC.CC.CCCC. The highest BCUT2D eigenvalue weighted by Crippen LogP contribution is 2.28. The van der Waals surface area contributed by atoms with Crippen molar-refractivity contribution in [2.75, 3.05) is 32.6 Å². The van der Waals surface area contributed by atoms with E-state index in [1.54, 1.807) is 0 Å². The third-order valence-electron chi connectivity index (χ3n) is 9.26. The van der Waals surface area contributed by atoms with E-state index in [1.165, 1.54) is 63.2 Å². The number of para-hydroxylation sites is 1. The van der Waals surface area contributed by atoms with E-state index in [9.17, 15) is 0 Å². The molecule has 0 bridgehead atoms. The summed E-state index contributed by atoms with van der Waals surface area (Å²) in [6.07, 6.45) is 17.6. The molecule has 5 aromatic rings. The Balaban J connectivity index is 0.00000105. The molecule has 61 heavy (non-hydrogen) atoms. The van der Waals surface area contributed by atoms with Gasteiger partial charge in [-0.1, -0.05) is 232 Å². The standard InChI is InChI=1S/C30H36N2.C19H18.C4H10.3C2H6/c1-24(22-28-13-10-9-12-27(28)14-11-21-31(3)4)17-18-26-19-20-30(25(2)23-26)32(5)29-15-7-6-8-16-29;1-16(18-12-5-3-6-13-18)10-9-11-17(2)19-14-7-4-8-15-19;1-3-4-2;3*1-2/h6-17,19-20,23H,18,21-22H2,1-5H3;3-15H,1H2,2H3;3-4H2,1-2H3;3*1-2H3/b14-11-,24-17+;10-9-,17-11+;;;;. The van der Waals surface area contributed by atoms with E-state index in [-0.39, 0.29) is 0 Å². The van der Waals surface area contributed by atoms with E-state index < -0.39 is 0 Å². The van der Waals surface area contributed by atoms with E-state index in [0.717, 1.165) is 30.5 Å². The lowest BCUT2D eigenvalue weighted by molar-refractivity contribution is 0.457. The van der Waals surface area contributed by atoms with Gasteiger partial charge in [-0.15, -0.1) is 0 Å². The van der Waals surface area contributed by atoms with Crippen molar-refractivity contribution in [1.82, 2.24) is 4.90 Å². The predicted molar refractivity (Wildman–Crippen MR) is 280 cm³/mol. The third-order valence-corrected chi connectivity index (χ3v) is 9.26. The van der Waals surface area contributed by atoms with Crippen LogP contribution < -0.4 is 4.90 Å². The first kappa shape index (κ1) is 55.6. The highest BCUT2D eigenvalue weighted by atomic mass is 15.1. The van der Waals surface area contributed by atoms with Gasteiger partial charge in [-0.3, -0.25) is 0 Å². The minimum atomic E-state index is 0.956. The number of allylic oxidation sites excluding steroid dienone is 7. The number of rotatable bonds is 14. The van der Waals surface area contributed by atoms with Gasteiger partial charge in [-0.25, -0.2) is 0 Å². The van der Waals surface area contributed by atoms with Crippen LogP contribution in [0.4, 0.5) is 11.4 Å². The highest BCUT2D eigenvalue weighted by Gasteiger charge is 2.07. The molecule has 2 nitrogen and oxygen atoms in total. The molecule has 0 fully saturated rings. The van der Waals surface area contributed by atoms with Crippen molar-refractivity contribution in [3.63, 3.8) is 0 Å². The monoisotopic (exact) mass is 819 g/mol. The average Bonchev–Trinajstić information content (AvgIpc) is 3.31. The second-order valence-electron chi connectivity index (χ2n) is 14.3. The first-order valence-electron chi connectivity index (χ1n) is 22.7. The van der Waals surface area contributed by atoms with E-state index >= 15 is 0 Å². The van der Waals surface area contributed by atoms with Gasteiger partial charge in [0.05, 0.1) is 0 Å². The molecule has 0 unspecified atom stereocenters. The minimum absolute atomic E-state index is 0.956. The third kappa shape index (κ3) is 23.2. The molecular weight excluding hydrogens is 737 g/mol. The number of hydrogen-bond acceptors (Lipinski definition) is 2. The largest absolute Gasteiger partial charge is 0.344 e. The molecule has 5 rings (SSSR count). The Morgan fingerprint density at radius 2 is 1.16 bits per heavy atom. The van der Waals surface area contributed by atoms with Crippen molar-refractivity contribution in [3.8, 4) is 0 Å². The van der Waals surface area contributed by atoms with Gasteiger partial charge >= 0.3 is 0 Å². The van der Waals surface area contributed by atoms with Crippen LogP contribution in [0.25, 0.3) is 17.2 Å². The van der Waals surface area contributed by atoms with Crippen molar-refractivity contribution in [2.24, 2.45) is 0 Å². The number of aryl methyl sites for hydroxylation is 1. The maximum Gasteiger partial charge on any atom is 0.0437 e. The molecule has 0 saturated heterocycles. The van der Waals surface area contributed by atoms with Crippen molar-refractivity contribution >= 4 is 28.6 Å². The van der Waals surface area contributed by atoms with Gasteiger partial charge in [0.2, 0.25) is 0 Å². The van der Waals surface area contributed by atoms with Crippen LogP contribution in [0, 0.1) is 6.92 Å². The maximum absolute atomic E-state index is 4.08. The summed E-state index contributed by atoms with van der Waals surface area (Å²) in [6.45, 7) is 28.0. The molecule has 0 radical (unpaired) electrons. The number of unbranched alkanes of at least 4 members (excludes halogenated alkanes) is 1. The first-order valence-corrected chi connectivity index (χ1v) is 22.7. The quantitative estimate of drug-likeness (QED) is 0.0813. The van der Waals surface area contributed by atoms with Crippen LogP contribution in [0.2, 0.25) is 0 Å². The predicted octanol–water partition coefficient (Wildman–Crippen LogP) is 17.3. The van der Waals surface area contributed by atoms with E-state index in [4.69, 9.17) is 0 Å². The summed E-state index contributed by atoms with van der Waals surface area (Å²) in [5, 5.41) is 0. The summed E-state index contributed by atoms with van der Waals surface area (Å²) in [5.74, 6) is 0. The van der Waals surface area contributed by atoms with Crippen LogP contribution in [-0.2, 0) is 12.8 Å².